The molecule has 0 saturated heterocycles. The molecule has 4 aromatic rings. The van der Waals surface area contributed by atoms with Crippen molar-refractivity contribution >= 4 is 50.6 Å². The number of thiophene rings is 1. The van der Waals surface area contributed by atoms with Gasteiger partial charge in [-0.15, -0.1) is 11.3 Å². The quantitative estimate of drug-likeness (QED) is 0.250. The third-order valence-corrected chi connectivity index (χ3v) is 6.56. The van der Waals surface area contributed by atoms with E-state index >= 15 is 0 Å². The number of anilines is 2. The second-order valence-electron chi connectivity index (χ2n) is 7.84. The lowest BCUT2D eigenvalue weighted by Crippen LogP contribution is -2.32. The topological polar surface area (TPSA) is 141 Å². The summed E-state index contributed by atoms with van der Waals surface area (Å²) in [6, 6.07) is 18.4. The molecule has 8 nitrogen and oxygen atoms in total. The van der Waals surface area contributed by atoms with Crippen LogP contribution in [0.25, 0.3) is 22.4 Å². The monoisotopic (exact) mass is 561 g/mol. The lowest BCUT2D eigenvalue weighted by Gasteiger charge is -2.15. The first-order chi connectivity index (χ1) is 17.3. The number of phenolic OH excluding ortho intramolecular Hbond substituents is 1. The van der Waals surface area contributed by atoms with Gasteiger partial charge in [0, 0.05) is 21.3 Å². The Labute approximate surface area is 219 Å². The number of aromatic hydroxyl groups is 1. The standard InChI is InChI=1S/C26H20BrN5O3S/c1-14(29)25(34)30-17-5-2-4-15(10-17)19-12-21(18-8-7-16(27)11-22(18)33)31-24(20(19)13-28)32-26(35)23-6-3-9-36-23/h2-12,14,33H,29H2,1H3,(H,30,34)(H,31,32,35). The minimum Gasteiger partial charge on any atom is -0.507 e. The molecule has 0 fully saturated rings. The number of aromatic nitrogens is 1. The number of pyridine rings is 1. The predicted molar refractivity (Wildman–Crippen MR) is 144 cm³/mol. The number of halogens is 1. The van der Waals surface area contributed by atoms with Crippen LogP contribution in [0.3, 0.4) is 0 Å². The van der Waals surface area contributed by atoms with Crippen LogP contribution >= 0.6 is 27.3 Å². The molecule has 2 amide bonds. The molecule has 10 heteroatoms. The van der Waals surface area contributed by atoms with Crippen molar-refractivity contribution in [3.63, 3.8) is 0 Å². The van der Waals surface area contributed by atoms with E-state index in [1.807, 2.05) is 0 Å². The summed E-state index contributed by atoms with van der Waals surface area (Å²) < 4.78 is 0.682. The molecular formula is C26H20BrN5O3S. The van der Waals surface area contributed by atoms with Gasteiger partial charge in [-0.2, -0.15) is 5.26 Å². The van der Waals surface area contributed by atoms with Crippen molar-refractivity contribution in [1.82, 2.24) is 4.98 Å². The molecule has 2 aromatic carbocycles. The Morgan fingerprint density at radius 1 is 1.11 bits per heavy atom. The number of hydrogen-bond acceptors (Lipinski definition) is 7. The number of benzene rings is 2. The normalized spacial score (nSPS) is 11.4. The molecule has 4 rings (SSSR count). The number of amides is 2. The number of carbonyl (C=O) groups is 2. The highest BCUT2D eigenvalue weighted by Crippen LogP contribution is 2.37. The summed E-state index contributed by atoms with van der Waals surface area (Å²) in [5.74, 6) is -0.737. The fourth-order valence-electron chi connectivity index (χ4n) is 3.43. The Morgan fingerprint density at radius 2 is 1.92 bits per heavy atom. The molecule has 2 heterocycles. The van der Waals surface area contributed by atoms with E-state index in [4.69, 9.17) is 5.73 Å². The Morgan fingerprint density at radius 3 is 2.58 bits per heavy atom. The van der Waals surface area contributed by atoms with Gasteiger partial charge in [-0.05, 0) is 60.3 Å². The van der Waals surface area contributed by atoms with Gasteiger partial charge >= 0.3 is 0 Å². The van der Waals surface area contributed by atoms with E-state index < -0.39 is 11.9 Å². The van der Waals surface area contributed by atoms with Gasteiger partial charge in [0.2, 0.25) is 5.91 Å². The number of phenols is 1. The van der Waals surface area contributed by atoms with Crippen molar-refractivity contribution in [3.8, 4) is 34.2 Å². The second-order valence-corrected chi connectivity index (χ2v) is 9.71. The second kappa shape index (κ2) is 10.7. The zero-order valence-electron chi connectivity index (χ0n) is 18.9. The fourth-order valence-corrected chi connectivity index (χ4v) is 4.40. The highest BCUT2D eigenvalue weighted by Gasteiger charge is 2.20. The van der Waals surface area contributed by atoms with Crippen LogP contribution in [0.2, 0.25) is 0 Å². The van der Waals surface area contributed by atoms with Gasteiger partial charge in [0.05, 0.1) is 16.6 Å². The van der Waals surface area contributed by atoms with Crippen LogP contribution in [0, 0.1) is 11.3 Å². The molecule has 5 N–H and O–H groups in total. The molecule has 0 bridgehead atoms. The van der Waals surface area contributed by atoms with Crippen LogP contribution in [0.5, 0.6) is 5.75 Å². The number of hydrogen-bond donors (Lipinski definition) is 4. The van der Waals surface area contributed by atoms with E-state index in [2.05, 4.69) is 37.6 Å². The Hall–Kier alpha value is -4.04. The van der Waals surface area contributed by atoms with Gasteiger partial charge in [-0.3, -0.25) is 9.59 Å². The van der Waals surface area contributed by atoms with Crippen molar-refractivity contribution < 1.29 is 14.7 Å². The van der Waals surface area contributed by atoms with Crippen LogP contribution in [-0.2, 0) is 4.79 Å². The average Bonchev–Trinajstić information content (AvgIpc) is 3.39. The lowest BCUT2D eigenvalue weighted by molar-refractivity contribution is -0.117. The number of rotatable bonds is 6. The summed E-state index contributed by atoms with van der Waals surface area (Å²) in [6.45, 7) is 1.58. The van der Waals surface area contributed by atoms with Crippen molar-refractivity contribution in [3.05, 3.63) is 81.0 Å². The number of carbonyl (C=O) groups excluding carboxylic acids is 2. The highest BCUT2D eigenvalue weighted by molar-refractivity contribution is 9.10. The van der Waals surface area contributed by atoms with Crippen LogP contribution in [-0.4, -0.2) is 27.9 Å². The molecule has 0 aliphatic heterocycles. The van der Waals surface area contributed by atoms with Gasteiger partial charge in [0.15, 0.2) is 5.82 Å². The van der Waals surface area contributed by atoms with Crippen molar-refractivity contribution in [2.45, 2.75) is 13.0 Å². The summed E-state index contributed by atoms with van der Waals surface area (Å²) in [5.41, 5.74) is 8.11. The number of nitrogens with two attached hydrogens (primary N) is 1. The first-order valence-corrected chi connectivity index (χ1v) is 12.4. The van der Waals surface area contributed by atoms with E-state index in [1.54, 1.807) is 66.9 Å². The Bertz CT molecular complexity index is 1500. The third-order valence-electron chi connectivity index (χ3n) is 5.20. The molecule has 0 saturated carbocycles. The molecule has 180 valence electrons. The van der Waals surface area contributed by atoms with Gasteiger partial charge in [-0.25, -0.2) is 4.98 Å². The number of nitrogens with one attached hydrogen (secondary N) is 2. The van der Waals surface area contributed by atoms with Crippen LogP contribution in [0.4, 0.5) is 11.5 Å². The molecule has 2 aromatic heterocycles. The average molecular weight is 562 g/mol. The summed E-state index contributed by atoms with van der Waals surface area (Å²) >= 11 is 4.59. The van der Waals surface area contributed by atoms with E-state index in [9.17, 15) is 20.0 Å². The maximum absolute atomic E-state index is 12.8. The molecule has 0 aliphatic rings. The van der Waals surface area contributed by atoms with E-state index in [0.29, 0.717) is 37.4 Å². The SMILES string of the molecule is CC(N)C(=O)Nc1cccc(-c2cc(-c3ccc(Br)cc3O)nc(NC(=O)c3cccs3)c2C#N)c1. The van der Waals surface area contributed by atoms with Crippen LogP contribution in [0.1, 0.15) is 22.2 Å². The van der Waals surface area contributed by atoms with Gasteiger partial charge < -0.3 is 21.5 Å². The molecular weight excluding hydrogens is 542 g/mol. The zero-order chi connectivity index (χ0) is 25.8. The molecule has 0 radical (unpaired) electrons. The summed E-state index contributed by atoms with van der Waals surface area (Å²) in [5, 5.41) is 27.9. The lowest BCUT2D eigenvalue weighted by atomic mass is 9.97. The van der Waals surface area contributed by atoms with Gasteiger partial charge in [-0.1, -0.05) is 34.1 Å². The highest BCUT2D eigenvalue weighted by atomic mass is 79.9. The molecule has 1 atom stereocenters. The van der Waals surface area contributed by atoms with Gasteiger partial charge in [0.1, 0.15) is 17.4 Å². The summed E-state index contributed by atoms with van der Waals surface area (Å²) in [7, 11) is 0. The molecule has 0 aliphatic carbocycles. The number of nitrogens with zero attached hydrogens (tertiary/aromatic N) is 2. The smallest absolute Gasteiger partial charge is 0.266 e. The predicted octanol–water partition coefficient (Wildman–Crippen LogP) is 5.35. The maximum atomic E-state index is 12.8. The van der Waals surface area contributed by atoms with E-state index in [0.717, 1.165) is 0 Å². The minimum absolute atomic E-state index is 0.0268. The Balaban J connectivity index is 1.88. The largest absolute Gasteiger partial charge is 0.507 e. The Kier molecular flexibility index (Phi) is 7.45. The molecule has 0 spiro atoms. The summed E-state index contributed by atoms with van der Waals surface area (Å²) in [6.07, 6.45) is 0. The van der Waals surface area contributed by atoms with Crippen molar-refractivity contribution in [2.24, 2.45) is 5.73 Å². The van der Waals surface area contributed by atoms with Crippen molar-refractivity contribution in [1.29, 1.82) is 5.26 Å². The first kappa shape index (κ1) is 25.1. The molecule has 1 unspecified atom stereocenters. The van der Waals surface area contributed by atoms with Crippen molar-refractivity contribution in [2.75, 3.05) is 10.6 Å². The van der Waals surface area contributed by atoms with Crippen LogP contribution < -0.4 is 16.4 Å². The van der Waals surface area contributed by atoms with Gasteiger partial charge in [0.25, 0.3) is 5.91 Å². The third kappa shape index (κ3) is 5.44. The first-order valence-electron chi connectivity index (χ1n) is 10.7. The fraction of sp³-hybridized carbons (Fsp3) is 0.0769. The van der Waals surface area contributed by atoms with E-state index in [-0.39, 0.29) is 23.0 Å². The zero-order valence-corrected chi connectivity index (χ0v) is 21.4. The minimum atomic E-state index is -0.699. The number of nitriles is 1. The molecule has 36 heavy (non-hydrogen) atoms. The summed E-state index contributed by atoms with van der Waals surface area (Å²) in [4.78, 5) is 29.9. The van der Waals surface area contributed by atoms with E-state index in [1.165, 1.54) is 17.4 Å². The van der Waals surface area contributed by atoms with Crippen LogP contribution in [0.15, 0.2) is 70.5 Å². The maximum Gasteiger partial charge on any atom is 0.266 e.